The summed E-state index contributed by atoms with van der Waals surface area (Å²) in [7, 11) is 0. The molecule has 0 saturated carbocycles. The Hall–Kier alpha value is -3.68. The Bertz CT molecular complexity index is 1590. The second-order valence-corrected chi connectivity index (χ2v) is 11.7. The van der Waals surface area contributed by atoms with Crippen LogP contribution in [0.3, 0.4) is 0 Å². The first-order valence-electron chi connectivity index (χ1n) is 13.9. The number of nitrogens with one attached hydrogen (secondary N) is 2. The summed E-state index contributed by atoms with van der Waals surface area (Å²) < 4.78 is 5.74. The highest BCUT2D eigenvalue weighted by atomic mass is 35.5. The smallest absolute Gasteiger partial charge is 0.251 e. The third-order valence-corrected chi connectivity index (χ3v) is 9.49. The van der Waals surface area contributed by atoms with Gasteiger partial charge in [0.1, 0.15) is 16.7 Å². The van der Waals surface area contributed by atoms with Crippen molar-refractivity contribution in [3.05, 3.63) is 87.9 Å². The maximum absolute atomic E-state index is 14.7. The van der Waals surface area contributed by atoms with Crippen molar-refractivity contribution in [2.75, 3.05) is 23.8 Å². The zero-order chi connectivity index (χ0) is 27.8. The molecule has 0 unspecified atom stereocenters. The molecule has 2 spiro atoms. The number of rotatable bonds is 5. The molecule has 4 heterocycles. The van der Waals surface area contributed by atoms with Gasteiger partial charge in [-0.25, -0.2) is 0 Å². The van der Waals surface area contributed by atoms with Crippen LogP contribution in [0.25, 0.3) is 0 Å². The molecule has 0 aromatic heterocycles. The van der Waals surface area contributed by atoms with E-state index in [0.717, 1.165) is 18.4 Å². The molecular weight excluding hydrogens is 526 g/mol. The molecule has 0 radical (unpaired) electrons. The average Bonchev–Trinajstić information content (AvgIpc) is 3.67. The Balaban J connectivity index is 1.50. The van der Waals surface area contributed by atoms with Gasteiger partial charge in [-0.3, -0.25) is 19.3 Å². The number of Topliss-reactive ketones (excluding diaryl/α,β-unsaturated/α-hetero) is 1. The number of nitrogens with zero attached hydrogens (tertiary/aromatic N) is 1. The second-order valence-electron chi connectivity index (χ2n) is 11.3. The fourth-order valence-electron chi connectivity index (χ4n) is 7.89. The van der Waals surface area contributed by atoms with Crippen LogP contribution >= 0.6 is 11.6 Å². The number of amides is 2. The first-order valence-corrected chi connectivity index (χ1v) is 14.3. The summed E-state index contributed by atoms with van der Waals surface area (Å²) in [5, 5.41) is 6.54. The van der Waals surface area contributed by atoms with Crippen LogP contribution in [-0.4, -0.2) is 41.7 Å². The zero-order valence-electron chi connectivity index (χ0n) is 22.4. The van der Waals surface area contributed by atoms with Crippen molar-refractivity contribution in [3.63, 3.8) is 0 Å². The molecule has 0 bridgehead atoms. The molecule has 2 saturated heterocycles. The van der Waals surface area contributed by atoms with E-state index >= 15 is 0 Å². The lowest BCUT2D eigenvalue weighted by molar-refractivity contribution is -0.137. The van der Waals surface area contributed by atoms with E-state index in [2.05, 4.69) is 15.5 Å². The molecule has 8 heteroatoms. The van der Waals surface area contributed by atoms with Crippen LogP contribution in [0.2, 0.25) is 5.02 Å². The lowest BCUT2D eigenvalue weighted by Gasteiger charge is -2.43. The molecule has 3 aromatic carbocycles. The van der Waals surface area contributed by atoms with E-state index < -0.39 is 16.9 Å². The lowest BCUT2D eigenvalue weighted by atomic mass is 9.57. The number of carbonyl (C=O) groups is 3. The van der Waals surface area contributed by atoms with Gasteiger partial charge in [-0.1, -0.05) is 42.8 Å². The van der Waals surface area contributed by atoms with Crippen molar-refractivity contribution in [3.8, 4) is 5.75 Å². The molecule has 4 aliphatic heterocycles. The molecule has 4 atom stereocenters. The summed E-state index contributed by atoms with van der Waals surface area (Å²) in [5.41, 5.74) is 0.954. The maximum Gasteiger partial charge on any atom is 0.251 e. The molecular formula is C32H30ClN3O4. The monoisotopic (exact) mass is 555 g/mol. The van der Waals surface area contributed by atoms with Gasteiger partial charge in [0.25, 0.3) is 5.91 Å². The Labute approximate surface area is 237 Å². The Morgan fingerprint density at radius 3 is 2.60 bits per heavy atom. The van der Waals surface area contributed by atoms with Gasteiger partial charge in [0.05, 0.1) is 23.2 Å². The van der Waals surface area contributed by atoms with Crippen molar-refractivity contribution in [2.45, 2.75) is 50.1 Å². The quantitative estimate of drug-likeness (QED) is 0.409. The number of hydrogen-bond donors (Lipinski definition) is 2. The number of hydrogen-bond acceptors (Lipinski definition) is 5. The van der Waals surface area contributed by atoms with Gasteiger partial charge in [-0.2, -0.15) is 0 Å². The van der Waals surface area contributed by atoms with Gasteiger partial charge < -0.3 is 15.4 Å². The zero-order valence-corrected chi connectivity index (χ0v) is 23.2. The Morgan fingerprint density at radius 1 is 1.05 bits per heavy atom. The van der Waals surface area contributed by atoms with Gasteiger partial charge in [0, 0.05) is 22.9 Å². The van der Waals surface area contributed by atoms with Crippen LogP contribution in [0, 0.1) is 12.8 Å². The summed E-state index contributed by atoms with van der Waals surface area (Å²) >= 11 is 6.71. The first kappa shape index (κ1) is 25.3. The largest absolute Gasteiger partial charge is 0.494 e. The third kappa shape index (κ3) is 3.02. The van der Waals surface area contributed by atoms with Crippen molar-refractivity contribution in [1.82, 2.24) is 4.90 Å². The average molecular weight is 556 g/mol. The Morgan fingerprint density at radius 2 is 1.82 bits per heavy atom. The van der Waals surface area contributed by atoms with Gasteiger partial charge in [0.2, 0.25) is 5.91 Å². The molecule has 7 nitrogen and oxygen atoms in total. The first-order chi connectivity index (χ1) is 19.3. The summed E-state index contributed by atoms with van der Waals surface area (Å²) in [6.45, 7) is 5.15. The number of benzene rings is 3. The standard InChI is InChI=1S/C32H30ClN3O4/c1-3-15-40-20-12-10-19(11-13-20)28(37)26-25-9-6-14-36(25)32(22-16-18(2)17-23(33)27(22)35-30(32)39)31(26)21-7-4-5-8-24(21)34-29(31)38/h4-5,7-8,10-13,16-17,25-26H,3,6,9,14-15H2,1-2H3,(H,34,38)(H,35,39)/t25-,26-,31-,32-/m0/s1. The fraction of sp³-hybridized carbons (Fsp3) is 0.344. The van der Waals surface area contributed by atoms with Gasteiger partial charge >= 0.3 is 0 Å². The summed E-state index contributed by atoms with van der Waals surface area (Å²) in [5.74, 6) is -0.895. The highest BCUT2D eigenvalue weighted by molar-refractivity contribution is 6.35. The molecule has 2 amide bonds. The Kier molecular flexibility index (Phi) is 5.64. The van der Waals surface area contributed by atoms with Crippen molar-refractivity contribution >= 4 is 40.6 Å². The number of aryl methyl sites for hydroxylation is 1. The van der Waals surface area contributed by atoms with Crippen LogP contribution in [0.4, 0.5) is 11.4 Å². The molecule has 4 aliphatic rings. The van der Waals surface area contributed by atoms with Crippen LogP contribution in [-0.2, 0) is 20.5 Å². The predicted octanol–water partition coefficient (Wildman–Crippen LogP) is 5.45. The van der Waals surface area contributed by atoms with Crippen molar-refractivity contribution < 1.29 is 19.1 Å². The van der Waals surface area contributed by atoms with Gasteiger partial charge in [0.15, 0.2) is 5.78 Å². The van der Waals surface area contributed by atoms with E-state index in [1.165, 1.54) is 0 Å². The van der Waals surface area contributed by atoms with E-state index in [9.17, 15) is 14.4 Å². The van der Waals surface area contributed by atoms with Crippen molar-refractivity contribution in [2.24, 2.45) is 5.92 Å². The number of ether oxygens (including phenoxy) is 1. The highest BCUT2D eigenvalue weighted by Crippen LogP contribution is 2.68. The van der Waals surface area contributed by atoms with Crippen LogP contribution in [0.15, 0.2) is 60.7 Å². The molecule has 2 fully saturated rings. The number of halogens is 1. The van der Waals surface area contributed by atoms with E-state index in [-0.39, 0.29) is 23.6 Å². The number of ketones is 1. The third-order valence-electron chi connectivity index (χ3n) is 9.20. The van der Waals surface area contributed by atoms with Gasteiger partial charge in [-0.15, -0.1) is 0 Å². The number of fused-ring (bicyclic) bond motifs is 7. The minimum Gasteiger partial charge on any atom is -0.494 e. The van der Waals surface area contributed by atoms with E-state index in [1.807, 2.05) is 50.2 Å². The number of para-hydroxylation sites is 1. The maximum atomic E-state index is 14.7. The van der Waals surface area contributed by atoms with Crippen molar-refractivity contribution in [1.29, 1.82) is 0 Å². The van der Waals surface area contributed by atoms with E-state index in [4.69, 9.17) is 16.3 Å². The molecule has 2 N–H and O–H groups in total. The second kappa shape index (κ2) is 8.91. The van der Waals surface area contributed by atoms with Crippen LogP contribution in [0.5, 0.6) is 5.75 Å². The number of anilines is 2. The highest BCUT2D eigenvalue weighted by Gasteiger charge is 2.81. The van der Waals surface area contributed by atoms with Crippen LogP contribution < -0.4 is 15.4 Å². The molecule has 204 valence electrons. The van der Waals surface area contributed by atoms with E-state index in [1.54, 1.807) is 24.3 Å². The predicted molar refractivity (Wildman–Crippen MR) is 153 cm³/mol. The molecule has 0 aliphatic carbocycles. The normalized spacial score (nSPS) is 28.0. The minimum absolute atomic E-state index is 0.150. The fourth-order valence-corrected chi connectivity index (χ4v) is 8.21. The lowest BCUT2D eigenvalue weighted by Crippen LogP contribution is -2.62. The summed E-state index contributed by atoms with van der Waals surface area (Å²) in [6.07, 6.45) is 2.41. The molecule has 7 rings (SSSR count). The summed E-state index contributed by atoms with van der Waals surface area (Å²) in [4.78, 5) is 45.9. The van der Waals surface area contributed by atoms with Gasteiger partial charge in [-0.05, 0) is 80.3 Å². The minimum atomic E-state index is -1.49. The number of carbonyl (C=O) groups excluding carboxylic acids is 3. The summed E-state index contributed by atoms with van der Waals surface area (Å²) in [6, 6.07) is 18.1. The SMILES string of the molecule is CCCOc1ccc(C(=O)[C@@H]2[C@@H]3CCCN3[C@@]3(C(=O)Nc4c(Cl)cc(C)cc43)[C@]23C(=O)Nc2ccccc23)cc1. The van der Waals surface area contributed by atoms with E-state index in [0.29, 0.717) is 58.4 Å². The molecule has 40 heavy (non-hydrogen) atoms. The van der Waals surface area contributed by atoms with Crippen LogP contribution in [0.1, 0.15) is 53.2 Å². The topological polar surface area (TPSA) is 87.7 Å². The molecule has 3 aromatic rings.